The Bertz CT molecular complexity index is 1080. The molecule has 9 heteroatoms. The van der Waals surface area contributed by atoms with Gasteiger partial charge in [-0.1, -0.05) is 12.8 Å². The molecule has 2 heterocycles. The summed E-state index contributed by atoms with van der Waals surface area (Å²) >= 11 is 4.68. The molecule has 35 heavy (non-hydrogen) atoms. The van der Waals surface area contributed by atoms with Gasteiger partial charge in [-0.05, 0) is 62.5 Å². The molecule has 2 amide bonds. The Kier molecular flexibility index (Phi) is 9.25. The largest absolute Gasteiger partial charge is 0.317 e. The van der Waals surface area contributed by atoms with Crippen molar-refractivity contribution in [1.29, 1.82) is 10.5 Å². The van der Waals surface area contributed by atoms with Gasteiger partial charge in [0.2, 0.25) is 11.8 Å². The lowest BCUT2D eigenvalue weighted by molar-refractivity contribution is -0.116. The van der Waals surface area contributed by atoms with Crippen molar-refractivity contribution in [2.45, 2.75) is 77.0 Å². The van der Waals surface area contributed by atoms with E-state index >= 15 is 0 Å². The average Bonchev–Trinajstić information content (AvgIpc) is 3.10. The number of anilines is 2. The monoisotopic (exact) mass is 526 g/mol. The molecule has 0 saturated heterocycles. The zero-order valence-electron chi connectivity index (χ0n) is 19.8. The molecule has 0 unspecified atom stereocenters. The minimum absolute atomic E-state index is 0.0893. The van der Waals surface area contributed by atoms with Gasteiger partial charge in [0, 0.05) is 34.1 Å². The summed E-state index contributed by atoms with van der Waals surface area (Å²) in [5.41, 5.74) is 3.55. The molecular formula is C26H30N4O2S3. The molecule has 2 aliphatic rings. The summed E-state index contributed by atoms with van der Waals surface area (Å²) < 4.78 is 0. The Morgan fingerprint density at radius 3 is 1.57 bits per heavy atom. The second kappa shape index (κ2) is 12.6. The summed E-state index contributed by atoms with van der Waals surface area (Å²) in [6.45, 7) is 0. The number of rotatable bonds is 8. The maximum Gasteiger partial charge on any atom is 0.225 e. The maximum absolute atomic E-state index is 12.5. The summed E-state index contributed by atoms with van der Waals surface area (Å²) in [6.07, 6.45) is 11.4. The number of amides is 2. The zero-order chi connectivity index (χ0) is 24.6. The first-order chi connectivity index (χ1) is 17.1. The van der Waals surface area contributed by atoms with E-state index in [2.05, 4.69) is 22.8 Å². The number of aryl methyl sites for hydroxylation is 2. The van der Waals surface area contributed by atoms with Gasteiger partial charge in [-0.25, -0.2) is 0 Å². The van der Waals surface area contributed by atoms with E-state index in [9.17, 15) is 20.1 Å². The van der Waals surface area contributed by atoms with Crippen molar-refractivity contribution in [1.82, 2.24) is 0 Å². The molecule has 4 rings (SSSR count). The lowest BCUT2D eigenvalue weighted by Gasteiger charge is -2.05. The van der Waals surface area contributed by atoms with Gasteiger partial charge in [0.1, 0.15) is 22.1 Å². The van der Waals surface area contributed by atoms with Crippen LogP contribution in [0.2, 0.25) is 0 Å². The molecule has 0 fully saturated rings. The fourth-order valence-electron chi connectivity index (χ4n) is 4.71. The van der Waals surface area contributed by atoms with Crippen molar-refractivity contribution in [3.05, 3.63) is 32.0 Å². The van der Waals surface area contributed by atoms with E-state index < -0.39 is 0 Å². The summed E-state index contributed by atoms with van der Waals surface area (Å²) in [7, 11) is 0. The Morgan fingerprint density at radius 2 is 1.14 bits per heavy atom. The van der Waals surface area contributed by atoms with Gasteiger partial charge in [-0.3, -0.25) is 9.59 Å². The van der Waals surface area contributed by atoms with Gasteiger partial charge in [-0.2, -0.15) is 22.3 Å². The zero-order valence-corrected chi connectivity index (χ0v) is 22.3. The summed E-state index contributed by atoms with van der Waals surface area (Å²) in [4.78, 5) is 27.4. The number of nitriles is 2. The topological polar surface area (TPSA) is 106 Å². The molecule has 0 bridgehead atoms. The Balaban J connectivity index is 1.20. The molecule has 2 aliphatic carbocycles. The van der Waals surface area contributed by atoms with E-state index in [0.29, 0.717) is 45.5 Å². The third-order valence-electron chi connectivity index (χ3n) is 6.52. The number of fused-ring (bicyclic) bond motifs is 2. The highest BCUT2D eigenvalue weighted by molar-refractivity contribution is 7.99. The van der Waals surface area contributed by atoms with Crippen LogP contribution in [0.15, 0.2) is 0 Å². The van der Waals surface area contributed by atoms with Crippen LogP contribution in [-0.4, -0.2) is 23.3 Å². The van der Waals surface area contributed by atoms with Crippen LogP contribution < -0.4 is 10.6 Å². The molecule has 184 valence electrons. The van der Waals surface area contributed by atoms with Gasteiger partial charge in [0.25, 0.3) is 0 Å². The minimum Gasteiger partial charge on any atom is -0.317 e. The normalized spacial score (nSPS) is 15.0. The van der Waals surface area contributed by atoms with E-state index in [4.69, 9.17) is 0 Å². The molecule has 0 atom stereocenters. The lowest BCUT2D eigenvalue weighted by atomic mass is 10.1. The van der Waals surface area contributed by atoms with Crippen molar-refractivity contribution in [3.8, 4) is 12.1 Å². The van der Waals surface area contributed by atoms with Crippen molar-refractivity contribution in [2.75, 3.05) is 22.1 Å². The molecule has 2 N–H and O–H groups in total. The van der Waals surface area contributed by atoms with E-state index in [1.54, 1.807) is 34.4 Å². The van der Waals surface area contributed by atoms with Crippen LogP contribution in [0, 0.1) is 22.7 Å². The van der Waals surface area contributed by atoms with E-state index in [-0.39, 0.29) is 11.8 Å². The molecule has 0 spiro atoms. The third-order valence-corrected chi connectivity index (χ3v) is 9.92. The number of hydrogen-bond acceptors (Lipinski definition) is 7. The Morgan fingerprint density at radius 1 is 0.714 bits per heavy atom. The first kappa shape index (κ1) is 25.8. The Labute approximate surface area is 219 Å². The van der Waals surface area contributed by atoms with Crippen LogP contribution >= 0.6 is 34.4 Å². The van der Waals surface area contributed by atoms with Crippen molar-refractivity contribution >= 4 is 56.3 Å². The standard InChI is InChI=1S/C26H30N4O2S3/c27-15-19-17-7-3-1-5-9-21(17)34-25(19)29-23(31)11-13-33-14-12-24(32)30-26-20(16-28)18-8-4-2-6-10-22(18)35-26/h1-14H2,(H,29,31)(H,30,32). The highest BCUT2D eigenvalue weighted by atomic mass is 32.2. The number of carbonyl (C=O) groups excluding carboxylic acids is 2. The predicted molar refractivity (Wildman–Crippen MR) is 144 cm³/mol. The maximum atomic E-state index is 12.5. The molecule has 0 aliphatic heterocycles. The SMILES string of the molecule is N#Cc1c(NC(=O)CCSCCC(=O)Nc2sc3c(c2C#N)CCCCC3)sc2c1CCCCC2. The van der Waals surface area contributed by atoms with E-state index in [1.807, 2.05) is 0 Å². The number of carbonyl (C=O) groups is 2. The van der Waals surface area contributed by atoms with Gasteiger partial charge in [-0.15, -0.1) is 22.7 Å². The van der Waals surface area contributed by atoms with Crippen molar-refractivity contribution in [2.24, 2.45) is 0 Å². The number of thioether (sulfide) groups is 1. The van der Waals surface area contributed by atoms with Gasteiger partial charge in [0.15, 0.2) is 0 Å². The van der Waals surface area contributed by atoms with E-state index in [1.165, 1.54) is 22.6 Å². The van der Waals surface area contributed by atoms with Crippen LogP contribution in [-0.2, 0) is 35.3 Å². The Hall–Kier alpha value is -2.33. The van der Waals surface area contributed by atoms with E-state index in [0.717, 1.165) is 62.5 Å². The first-order valence-corrected chi connectivity index (χ1v) is 15.2. The van der Waals surface area contributed by atoms with Crippen LogP contribution in [0.1, 0.15) is 83.4 Å². The van der Waals surface area contributed by atoms with Crippen molar-refractivity contribution in [3.63, 3.8) is 0 Å². The first-order valence-electron chi connectivity index (χ1n) is 12.4. The quantitative estimate of drug-likeness (QED) is 0.315. The molecular weight excluding hydrogens is 497 g/mol. The average molecular weight is 527 g/mol. The van der Waals surface area contributed by atoms with Crippen LogP contribution in [0.4, 0.5) is 10.0 Å². The lowest BCUT2D eigenvalue weighted by Crippen LogP contribution is -2.14. The minimum atomic E-state index is -0.0893. The van der Waals surface area contributed by atoms with Crippen LogP contribution in [0.25, 0.3) is 0 Å². The van der Waals surface area contributed by atoms with Gasteiger partial charge in [0.05, 0.1) is 11.1 Å². The summed E-state index contributed by atoms with van der Waals surface area (Å²) in [6, 6.07) is 4.60. The van der Waals surface area contributed by atoms with Crippen molar-refractivity contribution < 1.29 is 9.59 Å². The fourth-order valence-corrected chi connectivity index (χ4v) is 8.08. The highest BCUT2D eigenvalue weighted by Crippen LogP contribution is 2.38. The molecule has 6 nitrogen and oxygen atoms in total. The summed E-state index contributed by atoms with van der Waals surface area (Å²) in [5, 5.41) is 26.5. The number of nitrogens with one attached hydrogen (secondary N) is 2. The van der Waals surface area contributed by atoms with Crippen LogP contribution in [0.5, 0.6) is 0 Å². The molecule has 0 radical (unpaired) electrons. The fraction of sp³-hybridized carbons (Fsp3) is 0.538. The second-order valence-electron chi connectivity index (χ2n) is 8.97. The molecule has 0 saturated carbocycles. The predicted octanol–water partition coefficient (Wildman–Crippen LogP) is 6.18. The number of hydrogen-bond donors (Lipinski definition) is 2. The van der Waals surface area contributed by atoms with Gasteiger partial charge < -0.3 is 10.6 Å². The number of nitrogens with zero attached hydrogens (tertiary/aromatic N) is 2. The van der Waals surface area contributed by atoms with Crippen LogP contribution in [0.3, 0.4) is 0 Å². The van der Waals surface area contributed by atoms with Gasteiger partial charge >= 0.3 is 0 Å². The molecule has 0 aromatic carbocycles. The summed E-state index contributed by atoms with van der Waals surface area (Å²) in [5.74, 6) is 1.05. The molecule has 2 aromatic rings. The molecule has 2 aromatic heterocycles. The smallest absolute Gasteiger partial charge is 0.225 e. The number of thiophene rings is 2. The highest BCUT2D eigenvalue weighted by Gasteiger charge is 2.22. The second-order valence-corrected chi connectivity index (χ2v) is 12.4. The third kappa shape index (κ3) is 6.46.